The molecular formula is C19H24N2O. The first-order chi connectivity index (χ1) is 10.4. The summed E-state index contributed by atoms with van der Waals surface area (Å²) >= 11 is 0. The molecule has 2 aromatic heterocycles. The minimum absolute atomic E-state index is 0.0739. The van der Waals surface area contributed by atoms with Crippen LogP contribution in [0.5, 0.6) is 0 Å². The van der Waals surface area contributed by atoms with Gasteiger partial charge in [-0.2, -0.15) is 0 Å². The number of aromatic amines is 1. The molecule has 3 rings (SSSR count). The average Bonchev–Trinajstić information content (AvgIpc) is 2.81. The highest BCUT2D eigenvalue weighted by molar-refractivity contribution is 5.67. The van der Waals surface area contributed by atoms with E-state index in [0.29, 0.717) is 5.92 Å². The third-order valence-electron chi connectivity index (χ3n) is 5.11. The van der Waals surface area contributed by atoms with Gasteiger partial charge in [-0.1, -0.05) is 27.7 Å². The Bertz CT molecular complexity index is 758. The van der Waals surface area contributed by atoms with Crippen molar-refractivity contribution in [3.05, 3.63) is 51.6 Å². The summed E-state index contributed by atoms with van der Waals surface area (Å²) in [6.45, 7) is 9.08. The first kappa shape index (κ1) is 15.0. The number of rotatable bonds is 3. The molecular weight excluding hydrogens is 272 g/mol. The lowest BCUT2D eigenvalue weighted by molar-refractivity contribution is 0.521. The van der Waals surface area contributed by atoms with Crippen molar-refractivity contribution >= 4 is 0 Å². The zero-order chi connectivity index (χ0) is 15.9. The normalized spacial score (nSPS) is 17.3. The van der Waals surface area contributed by atoms with Crippen molar-refractivity contribution in [2.24, 2.45) is 0 Å². The van der Waals surface area contributed by atoms with Crippen LogP contribution in [0.4, 0.5) is 0 Å². The molecule has 0 spiro atoms. The van der Waals surface area contributed by atoms with Crippen molar-refractivity contribution in [2.45, 2.75) is 58.3 Å². The van der Waals surface area contributed by atoms with E-state index < -0.39 is 0 Å². The Morgan fingerprint density at radius 1 is 1.41 bits per heavy atom. The maximum absolute atomic E-state index is 11.7. The predicted octanol–water partition coefficient (Wildman–Crippen LogP) is 4.17. The van der Waals surface area contributed by atoms with Gasteiger partial charge in [0.05, 0.1) is 5.69 Å². The van der Waals surface area contributed by atoms with E-state index in [1.807, 2.05) is 12.3 Å². The van der Waals surface area contributed by atoms with E-state index in [-0.39, 0.29) is 11.0 Å². The van der Waals surface area contributed by atoms with Crippen LogP contribution in [0, 0.1) is 0 Å². The molecule has 0 fully saturated rings. The van der Waals surface area contributed by atoms with Gasteiger partial charge in [0.1, 0.15) is 0 Å². The summed E-state index contributed by atoms with van der Waals surface area (Å²) in [5, 5.41) is 0. The van der Waals surface area contributed by atoms with Crippen LogP contribution in [-0.2, 0) is 11.8 Å². The van der Waals surface area contributed by atoms with E-state index >= 15 is 0 Å². The highest BCUT2D eigenvalue weighted by Gasteiger charge is 2.33. The number of hydrogen-bond acceptors (Lipinski definition) is 2. The summed E-state index contributed by atoms with van der Waals surface area (Å²) in [5.74, 6) is 0.450. The molecule has 2 aromatic rings. The second-order valence-electron chi connectivity index (χ2n) is 7.05. The minimum atomic E-state index is -0.0739. The Morgan fingerprint density at radius 3 is 2.86 bits per heavy atom. The van der Waals surface area contributed by atoms with Crippen molar-refractivity contribution in [2.75, 3.05) is 0 Å². The highest BCUT2D eigenvalue weighted by Crippen LogP contribution is 2.44. The first-order valence-electron chi connectivity index (χ1n) is 8.15. The molecule has 3 heteroatoms. The Morgan fingerprint density at radius 2 is 2.18 bits per heavy atom. The number of H-pyrrole nitrogens is 1. The molecule has 1 atom stereocenters. The van der Waals surface area contributed by atoms with Crippen molar-refractivity contribution in [1.29, 1.82) is 0 Å². The summed E-state index contributed by atoms with van der Waals surface area (Å²) < 4.78 is 0. The average molecular weight is 296 g/mol. The van der Waals surface area contributed by atoms with Gasteiger partial charge in [0.15, 0.2) is 0 Å². The molecule has 0 saturated heterocycles. The molecule has 0 radical (unpaired) electrons. The number of nitrogens with one attached hydrogen (secondary N) is 1. The van der Waals surface area contributed by atoms with Crippen LogP contribution in [0.25, 0.3) is 11.3 Å². The van der Waals surface area contributed by atoms with Crippen LogP contribution in [0.2, 0.25) is 0 Å². The van der Waals surface area contributed by atoms with E-state index in [4.69, 9.17) is 4.98 Å². The summed E-state index contributed by atoms with van der Waals surface area (Å²) in [5.41, 5.74) is 6.23. The Hall–Kier alpha value is -1.90. The third kappa shape index (κ3) is 2.39. The van der Waals surface area contributed by atoms with Gasteiger partial charge in [-0.3, -0.25) is 9.78 Å². The summed E-state index contributed by atoms with van der Waals surface area (Å²) in [6, 6.07) is 3.60. The third-order valence-corrected chi connectivity index (χ3v) is 5.11. The molecule has 0 amide bonds. The topological polar surface area (TPSA) is 45.8 Å². The van der Waals surface area contributed by atoms with Crippen LogP contribution in [0.3, 0.4) is 0 Å². The number of pyridine rings is 2. The lowest BCUT2D eigenvalue weighted by atomic mass is 9.84. The van der Waals surface area contributed by atoms with Gasteiger partial charge in [0, 0.05) is 24.0 Å². The SMILES string of the molecule is CCC(C)c1c(-c2cc[nH]c(=O)c2)ncc2c1CCC2(C)C. The van der Waals surface area contributed by atoms with Gasteiger partial charge in [-0.15, -0.1) is 0 Å². The highest BCUT2D eigenvalue weighted by atomic mass is 16.1. The number of aromatic nitrogens is 2. The molecule has 0 aliphatic heterocycles. The fraction of sp³-hybridized carbons (Fsp3) is 0.474. The smallest absolute Gasteiger partial charge is 0.248 e. The van der Waals surface area contributed by atoms with Crippen molar-refractivity contribution in [1.82, 2.24) is 9.97 Å². The number of hydrogen-bond donors (Lipinski definition) is 1. The fourth-order valence-corrected chi connectivity index (χ4v) is 3.55. The van der Waals surface area contributed by atoms with E-state index in [0.717, 1.165) is 24.1 Å². The van der Waals surface area contributed by atoms with Crippen molar-refractivity contribution in [3.63, 3.8) is 0 Å². The predicted molar refractivity (Wildman–Crippen MR) is 90.3 cm³/mol. The standard InChI is InChI=1S/C19H24N2O/c1-5-12(2)17-14-6-8-19(3,4)15(14)11-21-18(17)13-7-9-20-16(22)10-13/h7,9-12H,5-6,8H2,1-4H3,(H,20,22). The summed E-state index contributed by atoms with van der Waals surface area (Å²) in [7, 11) is 0. The molecule has 0 aromatic carbocycles. The zero-order valence-corrected chi connectivity index (χ0v) is 13.9. The van der Waals surface area contributed by atoms with Gasteiger partial charge in [-0.05, 0) is 53.4 Å². The van der Waals surface area contributed by atoms with Crippen LogP contribution < -0.4 is 5.56 Å². The van der Waals surface area contributed by atoms with Crippen LogP contribution in [-0.4, -0.2) is 9.97 Å². The van der Waals surface area contributed by atoms with E-state index in [9.17, 15) is 4.79 Å². The number of fused-ring (bicyclic) bond motifs is 1. The van der Waals surface area contributed by atoms with Crippen LogP contribution in [0.1, 0.15) is 63.1 Å². The van der Waals surface area contributed by atoms with Crippen LogP contribution >= 0.6 is 0 Å². The van der Waals surface area contributed by atoms with Crippen molar-refractivity contribution in [3.8, 4) is 11.3 Å². The van der Waals surface area contributed by atoms with E-state index in [1.54, 1.807) is 12.3 Å². The zero-order valence-electron chi connectivity index (χ0n) is 13.9. The fourth-order valence-electron chi connectivity index (χ4n) is 3.55. The van der Waals surface area contributed by atoms with Crippen molar-refractivity contribution < 1.29 is 0 Å². The molecule has 1 aliphatic carbocycles. The molecule has 22 heavy (non-hydrogen) atoms. The lowest BCUT2D eigenvalue weighted by Gasteiger charge is -2.22. The monoisotopic (exact) mass is 296 g/mol. The van der Waals surface area contributed by atoms with Gasteiger partial charge in [0.25, 0.3) is 0 Å². The molecule has 1 aliphatic rings. The van der Waals surface area contributed by atoms with E-state index in [2.05, 4.69) is 32.7 Å². The summed E-state index contributed by atoms with van der Waals surface area (Å²) in [4.78, 5) is 19.1. The van der Waals surface area contributed by atoms with E-state index in [1.165, 1.54) is 23.1 Å². The van der Waals surface area contributed by atoms with Gasteiger partial charge in [0.2, 0.25) is 5.56 Å². The lowest BCUT2D eigenvalue weighted by Crippen LogP contribution is -2.14. The molecule has 3 nitrogen and oxygen atoms in total. The molecule has 0 saturated carbocycles. The second-order valence-corrected chi connectivity index (χ2v) is 7.05. The van der Waals surface area contributed by atoms with Gasteiger partial charge in [-0.25, -0.2) is 0 Å². The quantitative estimate of drug-likeness (QED) is 0.923. The van der Waals surface area contributed by atoms with Gasteiger partial charge >= 0.3 is 0 Å². The van der Waals surface area contributed by atoms with Gasteiger partial charge < -0.3 is 4.98 Å². The summed E-state index contributed by atoms with van der Waals surface area (Å²) in [6.07, 6.45) is 7.10. The molecule has 2 heterocycles. The minimum Gasteiger partial charge on any atom is -0.329 e. The Balaban J connectivity index is 2.26. The second kappa shape index (κ2) is 5.38. The Labute approximate surface area is 131 Å². The largest absolute Gasteiger partial charge is 0.329 e. The van der Waals surface area contributed by atoms with Crippen LogP contribution in [0.15, 0.2) is 29.3 Å². The number of nitrogens with zero attached hydrogens (tertiary/aromatic N) is 1. The maximum atomic E-state index is 11.7. The Kier molecular flexibility index (Phi) is 3.67. The first-order valence-corrected chi connectivity index (χ1v) is 8.15. The molecule has 0 bridgehead atoms. The molecule has 1 unspecified atom stereocenters. The molecule has 1 N–H and O–H groups in total. The maximum Gasteiger partial charge on any atom is 0.248 e. The molecule has 116 valence electrons.